The van der Waals surface area contributed by atoms with E-state index in [0.29, 0.717) is 11.3 Å². The van der Waals surface area contributed by atoms with Crippen molar-refractivity contribution >= 4 is 11.8 Å². The van der Waals surface area contributed by atoms with Crippen molar-refractivity contribution in [3.63, 3.8) is 0 Å². The number of quaternary nitrogens is 1. The van der Waals surface area contributed by atoms with Crippen LogP contribution in [-0.4, -0.2) is 37.6 Å². The number of carbonyl (C=O) groups is 2. The van der Waals surface area contributed by atoms with E-state index in [2.05, 4.69) is 0 Å². The number of nitrogens with two attached hydrogens (primary N) is 1. The number of esters is 1. The predicted octanol–water partition coefficient (Wildman–Crippen LogP) is 0.535. The third-order valence-electron chi connectivity index (χ3n) is 3.51. The average Bonchev–Trinajstić information content (AvgIpc) is 3.01. The van der Waals surface area contributed by atoms with Gasteiger partial charge in [0, 0.05) is 18.4 Å². The van der Waals surface area contributed by atoms with Gasteiger partial charge in [-0.15, -0.1) is 0 Å². The molecule has 5 nitrogen and oxygen atoms in total. The fourth-order valence-corrected chi connectivity index (χ4v) is 2.29. The Kier molecular flexibility index (Phi) is 4.74. The molecule has 2 N–H and O–H groups in total. The standard InChI is InChI=1S/C15H19NO4/c1-10(20-15(18)13-4-3-9-16-13)14(17)11-5-7-12(19-2)8-6-11/h5-8,10,13,16H,3-4,9H2,1-2H3/p+1/t10-,13-/m0/s1. The van der Waals surface area contributed by atoms with Crippen LogP contribution in [0.15, 0.2) is 24.3 Å². The van der Waals surface area contributed by atoms with E-state index in [0.717, 1.165) is 19.4 Å². The monoisotopic (exact) mass is 278 g/mol. The maximum Gasteiger partial charge on any atom is 0.365 e. The Morgan fingerprint density at radius 1 is 1.30 bits per heavy atom. The lowest BCUT2D eigenvalue weighted by molar-refractivity contribution is -0.659. The van der Waals surface area contributed by atoms with Crippen LogP contribution in [0.3, 0.4) is 0 Å². The van der Waals surface area contributed by atoms with Gasteiger partial charge in [-0.25, -0.2) is 4.79 Å². The van der Waals surface area contributed by atoms with E-state index in [4.69, 9.17) is 9.47 Å². The Hall–Kier alpha value is -1.88. The second-order valence-corrected chi connectivity index (χ2v) is 4.94. The smallest absolute Gasteiger partial charge is 0.365 e. The summed E-state index contributed by atoms with van der Waals surface area (Å²) in [7, 11) is 1.57. The van der Waals surface area contributed by atoms with Crippen LogP contribution in [0.4, 0.5) is 0 Å². The van der Waals surface area contributed by atoms with Crippen molar-refractivity contribution < 1.29 is 24.4 Å². The normalized spacial score (nSPS) is 19.4. The van der Waals surface area contributed by atoms with Crippen LogP contribution in [0, 0.1) is 0 Å². The molecule has 1 saturated heterocycles. The van der Waals surface area contributed by atoms with Crippen molar-refractivity contribution in [2.75, 3.05) is 13.7 Å². The van der Waals surface area contributed by atoms with Crippen molar-refractivity contribution in [1.82, 2.24) is 0 Å². The summed E-state index contributed by atoms with van der Waals surface area (Å²) in [4.78, 5) is 24.0. The number of rotatable bonds is 5. The maximum atomic E-state index is 12.2. The molecule has 1 aliphatic heterocycles. The van der Waals surface area contributed by atoms with Crippen LogP contribution in [-0.2, 0) is 9.53 Å². The third kappa shape index (κ3) is 3.36. The molecule has 5 heteroatoms. The van der Waals surface area contributed by atoms with Gasteiger partial charge in [0.05, 0.1) is 13.7 Å². The Morgan fingerprint density at radius 3 is 2.55 bits per heavy atom. The van der Waals surface area contributed by atoms with E-state index >= 15 is 0 Å². The van der Waals surface area contributed by atoms with Crippen molar-refractivity contribution in [3.05, 3.63) is 29.8 Å². The predicted molar refractivity (Wildman–Crippen MR) is 72.7 cm³/mol. The second-order valence-electron chi connectivity index (χ2n) is 4.94. The van der Waals surface area contributed by atoms with Crippen LogP contribution < -0.4 is 10.1 Å². The Balaban J connectivity index is 1.95. The summed E-state index contributed by atoms with van der Waals surface area (Å²) in [5.74, 6) is 0.197. The number of benzene rings is 1. The molecule has 0 aliphatic carbocycles. The Labute approximate surface area is 118 Å². The van der Waals surface area contributed by atoms with Crippen LogP contribution in [0.25, 0.3) is 0 Å². The lowest BCUT2D eigenvalue weighted by atomic mass is 10.1. The number of Topliss-reactive ketones (excluding diaryl/α,β-unsaturated/α-hetero) is 1. The first-order valence-corrected chi connectivity index (χ1v) is 6.84. The van der Waals surface area contributed by atoms with E-state index in [1.807, 2.05) is 5.32 Å². The van der Waals surface area contributed by atoms with E-state index in [-0.39, 0.29) is 17.8 Å². The van der Waals surface area contributed by atoms with Crippen molar-refractivity contribution in [3.8, 4) is 5.75 Å². The molecule has 0 unspecified atom stereocenters. The van der Waals surface area contributed by atoms with Crippen LogP contribution in [0.5, 0.6) is 5.75 Å². The van der Waals surface area contributed by atoms with Gasteiger partial charge in [-0.05, 0) is 31.2 Å². The van der Waals surface area contributed by atoms with Gasteiger partial charge >= 0.3 is 5.97 Å². The fourth-order valence-electron chi connectivity index (χ4n) is 2.29. The summed E-state index contributed by atoms with van der Waals surface area (Å²) in [5.41, 5.74) is 0.515. The van der Waals surface area contributed by atoms with Crippen molar-refractivity contribution in [2.45, 2.75) is 31.9 Å². The molecule has 20 heavy (non-hydrogen) atoms. The number of ketones is 1. The quantitative estimate of drug-likeness (QED) is 0.630. The molecule has 1 aromatic carbocycles. The summed E-state index contributed by atoms with van der Waals surface area (Å²) in [6, 6.07) is 6.63. The van der Waals surface area contributed by atoms with E-state index < -0.39 is 6.10 Å². The highest BCUT2D eigenvalue weighted by atomic mass is 16.5. The largest absolute Gasteiger partial charge is 0.497 e. The molecule has 0 spiro atoms. The molecule has 108 valence electrons. The highest BCUT2D eigenvalue weighted by molar-refractivity contribution is 6.00. The van der Waals surface area contributed by atoms with Gasteiger partial charge in [-0.1, -0.05) is 0 Å². The SMILES string of the molecule is COc1ccc(C(=O)[C@H](C)OC(=O)[C@@H]2CCC[NH2+]2)cc1. The molecule has 0 amide bonds. The van der Waals surface area contributed by atoms with E-state index in [9.17, 15) is 9.59 Å². The third-order valence-corrected chi connectivity index (χ3v) is 3.51. The summed E-state index contributed by atoms with van der Waals surface area (Å²) in [6.07, 6.45) is 1.08. The number of methoxy groups -OCH3 is 1. The molecule has 1 fully saturated rings. The molecule has 0 saturated carbocycles. The van der Waals surface area contributed by atoms with Gasteiger partial charge in [0.15, 0.2) is 12.1 Å². The summed E-state index contributed by atoms with van der Waals surface area (Å²) in [5, 5.41) is 1.97. The molecular weight excluding hydrogens is 258 g/mol. The van der Waals surface area contributed by atoms with E-state index in [1.54, 1.807) is 38.3 Å². The second kappa shape index (κ2) is 6.52. The summed E-state index contributed by atoms with van der Waals surface area (Å²) in [6.45, 7) is 2.56. The zero-order valence-corrected chi connectivity index (χ0v) is 11.8. The summed E-state index contributed by atoms with van der Waals surface area (Å²) < 4.78 is 10.3. The molecule has 2 rings (SSSR count). The first-order valence-electron chi connectivity index (χ1n) is 6.84. The first kappa shape index (κ1) is 14.5. The zero-order chi connectivity index (χ0) is 14.5. The number of carbonyl (C=O) groups excluding carboxylic acids is 2. The van der Waals surface area contributed by atoms with Gasteiger partial charge < -0.3 is 14.8 Å². The minimum Gasteiger partial charge on any atom is -0.497 e. The number of hydrogen-bond acceptors (Lipinski definition) is 4. The van der Waals surface area contributed by atoms with Gasteiger partial charge in [0.25, 0.3) is 0 Å². The number of hydrogen-bond donors (Lipinski definition) is 1. The van der Waals surface area contributed by atoms with Crippen LogP contribution in [0.1, 0.15) is 30.1 Å². The lowest BCUT2D eigenvalue weighted by Gasteiger charge is -2.14. The Morgan fingerprint density at radius 2 is 2.00 bits per heavy atom. The van der Waals surface area contributed by atoms with Crippen LogP contribution in [0.2, 0.25) is 0 Å². The molecular formula is C15H20NO4+. The minimum atomic E-state index is -0.759. The maximum absolute atomic E-state index is 12.2. The van der Waals surface area contributed by atoms with Crippen LogP contribution >= 0.6 is 0 Å². The van der Waals surface area contributed by atoms with Gasteiger partial charge in [-0.3, -0.25) is 4.79 Å². The van der Waals surface area contributed by atoms with Gasteiger partial charge in [0.1, 0.15) is 5.75 Å². The van der Waals surface area contributed by atoms with Crippen molar-refractivity contribution in [1.29, 1.82) is 0 Å². The molecule has 0 radical (unpaired) electrons. The summed E-state index contributed by atoms with van der Waals surface area (Å²) >= 11 is 0. The lowest BCUT2D eigenvalue weighted by Crippen LogP contribution is -2.88. The van der Waals surface area contributed by atoms with Gasteiger partial charge in [0.2, 0.25) is 5.78 Å². The van der Waals surface area contributed by atoms with E-state index in [1.165, 1.54) is 0 Å². The number of ether oxygens (including phenoxy) is 2. The zero-order valence-electron chi connectivity index (χ0n) is 11.8. The fraction of sp³-hybridized carbons (Fsp3) is 0.467. The molecule has 1 aliphatic rings. The first-order chi connectivity index (χ1) is 9.61. The van der Waals surface area contributed by atoms with Crippen molar-refractivity contribution in [2.24, 2.45) is 0 Å². The Bertz CT molecular complexity index is 477. The highest BCUT2D eigenvalue weighted by Gasteiger charge is 2.30. The molecule has 1 heterocycles. The minimum absolute atomic E-state index is 0.152. The average molecular weight is 278 g/mol. The molecule has 0 aromatic heterocycles. The topological polar surface area (TPSA) is 69.2 Å². The highest BCUT2D eigenvalue weighted by Crippen LogP contribution is 2.14. The molecule has 1 aromatic rings. The molecule has 2 atom stereocenters. The van der Waals surface area contributed by atoms with Gasteiger partial charge in [-0.2, -0.15) is 0 Å². The molecule has 0 bridgehead atoms.